The number of aryl methyl sites for hydroxylation is 1. The van der Waals surface area contributed by atoms with Crippen molar-refractivity contribution in [1.82, 2.24) is 14.9 Å². The van der Waals surface area contributed by atoms with Crippen LogP contribution in [0.2, 0.25) is 5.02 Å². The number of halogens is 1. The van der Waals surface area contributed by atoms with Crippen LogP contribution in [0.4, 0.5) is 0 Å². The summed E-state index contributed by atoms with van der Waals surface area (Å²) in [5.74, 6) is 0.815. The molecule has 0 aliphatic rings. The van der Waals surface area contributed by atoms with E-state index in [0.717, 1.165) is 11.3 Å². The van der Waals surface area contributed by atoms with Gasteiger partial charge in [0.1, 0.15) is 5.82 Å². The van der Waals surface area contributed by atoms with Gasteiger partial charge in [-0.05, 0) is 43.7 Å². The minimum atomic E-state index is -0.227. The average molecular weight is 416 g/mol. The summed E-state index contributed by atoms with van der Waals surface area (Å²) in [6.45, 7) is 4.92. The number of aromatic amines is 1. The minimum Gasteiger partial charge on any atom is -0.335 e. The van der Waals surface area contributed by atoms with Gasteiger partial charge in [-0.25, -0.2) is 4.98 Å². The first-order valence-corrected chi connectivity index (χ1v) is 10.5. The molecule has 0 saturated carbocycles. The van der Waals surface area contributed by atoms with Gasteiger partial charge in [0.2, 0.25) is 5.91 Å². The summed E-state index contributed by atoms with van der Waals surface area (Å²) in [6.07, 6.45) is 0.824. The molecule has 0 aliphatic heterocycles. The highest BCUT2D eigenvalue weighted by molar-refractivity contribution is 8.00. The van der Waals surface area contributed by atoms with E-state index >= 15 is 0 Å². The van der Waals surface area contributed by atoms with Gasteiger partial charge < -0.3 is 9.88 Å². The molecular formula is C21H22ClN3O2S. The molecular weight excluding hydrogens is 394 g/mol. The Labute approximate surface area is 173 Å². The van der Waals surface area contributed by atoms with Crippen LogP contribution in [0.1, 0.15) is 24.7 Å². The van der Waals surface area contributed by atoms with Crippen LogP contribution in [-0.4, -0.2) is 33.1 Å². The van der Waals surface area contributed by atoms with Gasteiger partial charge in [-0.2, -0.15) is 0 Å². The summed E-state index contributed by atoms with van der Waals surface area (Å²) in [4.78, 5) is 35.1. The molecule has 1 amide bonds. The van der Waals surface area contributed by atoms with Crippen molar-refractivity contribution in [2.75, 3.05) is 12.3 Å². The average Bonchev–Trinajstić information content (AvgIpc) is 2.66. The van der Waals surface area contributed by atoms with Crippen LogP contribution in [0.15, 0.2) is 52.2 Å². The number of hydrogen-bond donors (Lipinski definition) is 1. The fourth-order valence-corrected chi connectivity index (χ4v) is 3.82. The second-order valence-corrected chi connectivity index (χ2v) is 8.08. The van der Waals surface area contributed by atoms with Crippen LogP contribution < -0.4 is 5.56 Å². The molecule has 0 bridgehead atoms. The van der Waals surface area contributed by atoms with E-state index in [9.17, 15) is 9.59 Å². The second kappa shape index (κ2) is 9.26. The maximum absolute atomic E-state index is 12.7. The van der Waals surface area contributed by atoms with Crippen molar-refractivity contribution in [3.63, 3.8) is 0 Å². The van der Waals surface area contributed by atoms with Crippen molar-refractivity contribution in [2.45, 2.75) is 31.7 Å². The number of rotatable bonds is 7. The van der Waals surface area contributed by atoms with Crippen molar-refractivity contribution < 1.29 is 4.79 Å². The van der Waals surface area contributed by atoms with Crippen LogP contribution >= 0.6 is 23.4 Å². The molecule has 146 valence electrons. The Hall–Kier alpha value is -2.31. The number of hydrogen-bond acceptors (Lipinski definition) is 4. The maximum Gasteiger partial charge on any atom is 0.258 e. The first-order valence-electron chi connectivity index (χ1n) is 9.12. The zero-order valence-electron chi connectivity index (χ0n) is 15.9. The monoisotopic (exact) mass is 415 g/mol. The molecule has 3 rings (SSSR count). The number of carbonyl (C=O) groups is 1. The predicted octanol–water partition coefficient (Wildman–Crippen LogP) is 4.42. The van der Waals surface area contributed by atoms with Gasteiger partial charge in [-0.1, -0.05) is 36.2 Å². The molecule has 3 aromatic rings. The van der Waals surface area contributed by atoms with E-state index < -0.39 is 0 Å². The third-order valence-corrected chi connectivity index (χ3v) is 5.52. The fourth-order valence-electron chi connectivity index (χ4n) is 2.85. The zero-order valence-corrected chi connectivity index (χ0v) is 17.4. The van der Waals surface area contributed by atoms with E-state index in [1.54, 1.807) is 23.1 Å². The van der Waals surface area contributed by atoms with Gasteiger partial charge in [-0.15, -0.1) is 11.8 Å². The lowest BCUT2D eigenvalue weighted by Crippen LogP contribution is -2.34. The van der Waals surface area contributed by atoms with Crippen molar-refractivity contribution in [1.29, 1.82) is 0 Å². The minimum absolute atomic E-state index is 0.0151. The van der Waals surface area contributed by atoms with E-state index in [2.05, 4.69) is 9.97 Å². The number of aromatic nitrogens is 2. The third kappa shape index (κ3) is 5.14. The summed E-state index contributed by atoms with van der Waals surface area (Å²) in [5, 5.41) is 1.00. The molecule has 0 fully saturated rings. The number of H-pyrrole nitrogens is 1. The van der Waals surface area contributed by atoms with E-state index in [0.29, 0.717) is 34.0 Å². The molecule has 28 heavy (non-hydrogen) atoms. The molecule has 7 heteroatoms. The quantitative estimate of drug-likeness (QED) is 0.580. The predicted molar refractivity (Wildman–Crippen MR) is 115 cm³/mol. The molecule has 1 N–H and O–H groups in total. The number of amides is 1. The largest absolute Gasteiger partial charge is 0.335 e. The van der Waals surface area contributed by atoms with Crippen molar-refractivity contribution in [3.05, 3.63) is 69.2 Å². The summed E-state index contributed by atoms with van der Waals surface area (Å²) in [6, 6.07) is 13.1. The molecule has 0 radical (unpaired) electrons. The van der Waals surface area contributed by atoms with Crippen LogP contribution in [0, 0.1) is 6.92 Å². The SMILES string of the molecule is CCCN(Cc1nc2cc(Cl)ccc2c(=O)[nH]1)C(=O)CSc1ccc(C)cc1. The van der Waals surface area contributed by atoms with Crippen LogP contribution in [0.3, 0.4) is 0 Å². The Balaban J connectivity index is 1.74. The Morgan fingerprint density at radius 2 is 1.96 bits per heavy atom. The number of fused-ring (bicyclic) bond motifs is 1. The number of thioether (sulfide) groups is 1. The van der Waals surface area contributed by atoms with Gasteiger partial charge in [0, 0.05) is 16.5 Å². The van der Waals surface area contributed by atoms with Gasteiger partial charge >= 0.3 is 0 Å². The molecule has 0 spiro atoms. The lowest BCUT2D eigenvalue weighted by Gasteiger charge is -2.21. The van der Waals surface area contributed by atoms with E-state index in [4.69, 9.17) is 11.6 Å². The number of benzene rings is 2. The first kappa shape index (κ1) is 20.4. The Morgan fingerprint density at radius 1 is 1.21 bits per heavy atom. The van der Waals surface area contributed by atoms with Crippen LogP contribution in [0.25, 0.3) is 10.9 Å². The molecule has 2 aromatic carbocycles. The summed E-state index contributed by atoms with van der Waals surface area (Å²) in [5.41, 5.74) is 1.49. The lowest BCUT2D eigenvalue weighted by molar-refractivity contribution is -0.129. The molecule has 0 atom stereocenters. The van der Waals surface area contributed by atoms with E-state index in [1.165, 1.54) is 17.3 Å². The Bertz CT molecular complexity index is 1030. The summed E-state index contributed by atoms with van der Waals surface area (Å²) >= 11 is 7.53. The van der Waals surface area contributed by atoms with Crippen LogP contribution in [-0.2, 0) is 11.3 Å². The highest BCUT2D eigenvalue weighted by Gasteiger charge is 2.16. The van der Waals surface area contributed by atoms with E-state index in [-0.39, 0.29) is 18.0 Å². The first-order chi connectivity index (χ1) is 13.5. The van der Waals surface area contributed by atoms with Crippen molar-refractivity contribution >= 4 is 40.2 Å². The van der Waals surface area contributed by atoms with Gasteiger partial charge in [0.05, 0.1) is 23.2 Å². The molecule has 0 aliphatic carbocycles. The molecule has 5 nitrogen and oxygen atoms in total. The van der Waals surface area contributed by atoms with Gasteiger partial charge in [0.25, 0.3) is 5.56 Å². The highest BCUT2D eigenvalue weighted by atomic mass is 35.5. The maximum atomic E-state index is 12.7. The van der Waals surface area contributed by atoms with Gasteiger partial charge in [-0.3, -0.25) is 9.59 Å². The van der Waals surface area contributed by atoms with Crippen molar-refractivity contribution in [2.24, 2.45) is 0 Å². The fraction of sp³-hybridized carbons (Fsp3) is 0.286. The smallest absolute Gasteiger partial charge is 0.258 e. The Morgan fingerprint density at radius 3 is 2.68 bits per heavy atom. The second-order valence-electron chi connectivity index (χ2n) is 6.59. The van der Waals surface area contributed by atoms with Crippen molar-refractivity contribution in [3.8, 4) is 0 Å². The molecule has 0 unspecified atom stereocenters. The van der Waals surface area contributed by atoms with Crippen LogP contribution in [0.5, 0.6) is 0 Å². The molecule has 0 saturated heterocycles. The van der Waals surface area contributed by atoms with E-state index in [1.807, 2.05) is 38.1 Å². The lowest BCUT2D eigenvalue weighted by atomic mass is 10.2. The summed E-state index contributed by atoms with van der Waals surface area (Å²) < 4.78 is 0. The number of carbonyl (C=O) groups excluding carboxylic acids is 1. The highest BCUT2D eigenvalue weighted by Crippen LogP contribution is 2.19. The topological polar surface area (TPSA) is 66.1 Å². The zero-order chi connectivity index (χ0) is 20.1. The number of nitrogens with zero attached hydrogens (tertiary/aromatic N) is 2. The molecule has 1 aromatic heterocycles. The molecule has 1 heterocycles. The van der Waals surface area contributed by atoms with Gasteiger partial charge in [0.15, 0.2) is 0 Å². The Kier molecular flexibility index (Phi) is 6.75. The summed E-state index contributed by atoms with van der Waals surface area (Å²) in [7, 11) is 0. The normalized spacial score (nSPS) is 11.0. The third-order valence-electron chi connectivity index (χ3n) is 4.29. The number of nitrogens with one attached hydrogen (secondary N) is 1. The standard InChI is InChI=1S/C21H22ClN3O2S/c1-3-10-25(20(26)13-28-16-7-4-14(2)5-8-16)12-19-23-18-11-15(22)6-9-17(18)21(27)24-19/h4-9,11H,3,10,12-13H2,1-2H3,(H,23,24,27).